The van der Waals surface area contributed by atoms with Crippen molar-refractivity contribution < 1.29 is 9.59 Å². The number of hydrogen-bond donors (Lipinski definition) is 2. The van der Waals surface area contributed by atoms with E-state index < -0.39 is 0 Å². The summed E-state index contributed by atoms with van der Waals surface area (Å²) in [5, 5.41) is 8.34. The van der Waals surface area contributed by atoms with Gasteiger partial charge >= 0.3 is 0 Å². The minimum atomic E-state index is -0.0304. The van der Waals surface area contributed by atoms with Gasteiger partial charge in [0.1, 0.15) is 0 Å². The minimum absolute atomic E-state index is 0.0304. The van der Waals surface area contributed by atoms with Gasteiger partial charge in [-0.3, -0.25) is 9.59 Å². The Morgan fingerprint density at radius 1 is 1.00 bits per heavy atom. The molecule has 0 bridgehead atoms. The highest BCUT2D eigenvalue weighted by atomic mass is 32.1. The molecule has 0 fully saturated rings. The molecule has 8 heteroatoms. The van der Waals surface area contributed by atoms with E-state index in [0.29, 0.717) is 24.6 Å². The number of carbonyl (C=O) groups excluding carboxylic acids is 2. The van der Waals surface area contributed by atoms with Crippen LogP contribution in [0.4, 0.5) is 0 Å². The molecular formula is C20H27N5O2S. The number of nitrogens with zero attached hydrogens (tertiary/aromatic N) is 3. The Hall–Kier alpha value is -2.87. The number of carbonyl (C=O) groups is 2. The molecule has 0 aliphatic carbocycles. The van der Waals surface area contributed by atoms with Gasteiger partial charge in [0.05, 0.1) is 19.6 Å². The van der Waals surface area contributed by atoms with Crippen LogP contribution in [0.3, 0.4) is 0 Å². The second kappa shape index (κ2) is 10.5. The highest BCUT2D eigenvalue weighted by Gasteiger charge is 2.08. The monoisotopic (exact) mass is 401 g/mol. The number of hydrogen-bond acceptors (Lipinski definition) is 4. The first-order chi connectivity index (χ1) is 13.4. The van der Waals surface area contributed by atoms with Gasteiger partial charge in [0.25, 0.3) is 5.91 Å². The topological polar surface area (TPSA) is 77.0 Å². The van der Waals surface area contributed by atoms with E-state index in [9.17, 15) is 9.59 Å². The Balaban J connectivity index is 2.02. The molecule has 7 nitrogen and oxygen atoms in total. The molecule has 0 aliphatic heterocycles. The molecule has 0 unspecified atom stereocenters. The van der Waals surface area contributed by atoms with Crippen molar-refractivity contribution in [2.75, 3.05) is 34.7 Å². The van der Waals surface area contributed by atoms with Crippen molar-refractivity contribution in [1.29, 1.82) is 0 Å². The smallest absolute Gasteiger partial charge is 0.253 e. The molecule has 1 aromatic carbocycles. The summed E-state index contributed by atoms with van der Waals surface area (Å²) in [5.74, 6) is 0.506. The largest absolute Gasteiger partial charge is 0.351 e. The van der Waals surface area contributed by atoms with Crippen molar-refractivity contribution in [2.24, 2.45) is 4.99 Å². The molecule has 2 amide bonds. The van der Waals surface area contributed by atoms with Gasteiger partial charge in [0, 0.05) is 38.6 Å². The van der Waals surface area contributed by atoms with E-state index in [2.05, 4.69) is 15.6 Å². The lowest BCUT2D eigenvalue weighted by Gasteiger charge is -2.15. The number of benzene rings is 1. The standard InChI is InChI=1S/C20H27N5O2S/c1-24(2)18(26)14-23-20(22-13-17-6-5-11-28-17)21-12-15-7-9-16(10-8-15)19(27)25(3)4/h5-11H,12-14H2,1-4H3,(H2,21,22,23). The minimum Gasteiger partial charge on any atom is -0.351 e. The number of rotatable bonds is 7. The zero-order valence-corrected chi connectivity index (χ0v) is 17.5. The second-order valence-electron chi connectivity index (χ2n) is 6.64. The fraction of sp³-hybridized carbons (Fsp3) is 0.350. The summed E-state index contributed by atoms with van der Waals surface area (Å²) in [6.45, 7) is 1.24. The number of nitrogens with one attached hydrogen (secondary N) is 2. The fourth-order valence-electron chi connectivity index (χ4n) is 2.26. The first kappa shape index (κ1) is 21.4. The van der Waals surface area contributed by atoms with Crippen LogP contribution in [-0.2, 0) is 17.9 Å². The Labute approximate surface area is 170 Å². The summed E-state index contributed by atoms with van der Waals surface area (Å²) < 4.78 is 0. The first-order valence-electron chi connectivity index (χ1n) is 8.92. The van der Waals surface area contributed by atoms with Crippen molar-refractivity contribution in [3.05, 3.63) is 57.8 Å². The van der Waals surface area contributed by atoms with Gasteiger partial charge in [-0.2, -0.15) is 0 Å². The van der Waals surface area contributed by atoms with Crippen molar-refractivity contribution >= 4 is 29.1 Å². The average Bonchev–Trinajstić information content (AvgIpc) is 3.20. The normalized spacial score (nSPS) is 11.1. The van der Waals surface area contributed by atoms with E-state index >= 15 is 0 Å². The van der Waals surface area contributed by atoms with E-state index in [1.807, 2.05) is 29.6 Å². The third kappa shape index (κ3) is 6.70. The van der Waals surface area contributed by atoms with Crippen LogP contribution < -0.4 is 10.6 Å². The average molecular weight is 402 g/mol. The Kier molecular flexibility index (Phi) is 8.01. The maximum atomic E-state index is 12.0. The van der Waals surface area contributed by atoms with E-state index in [-0.39, 0.29) is 18.4 Å². The summed E-state index contributed by atoms with van der Waals surface area (Å²) in [6.07, 6.45) is 0. The molecule has 1 heterocycles. The van der Waals surface area contributed by atoms with E-state index in [4.69, 9.17) is 0 Å². The highest BCUT2D eigenvalue weighted by Crippen LogP contribution is 2.09. The number of guanidine groups is 1. The molecule has 0 spiro atoms. The zero-order chi connectivity index (χ0) is 20.5. The molecule has 0 saturated heterocycles. The molecule has 2 aromatic rings. The number of likely N-dealkylation sites (N-methyl/N-ethyl adjacent to an activating group) is 1. The molecule has 1 aromatic heterocycles. The maximum Gasteiger partial charge on any atom is 0.253 e. The van der Waals surface area contributed by atoms with Crippen LogP contribution in [0.1, 0.15) is 20.8 Å². The van der Waals surface area contributed by atoms with Crippen molar-refractivity contribution in [3.8, 4) is 0 Å². The Morgan fingerprint density at radius 2 is 1.71 bits per heavy atom. The van der Waals surface area contributed by atoms with Gasteiger partial charge in [-0.25, -0.2) is 4.99 Å². The first-order valence-corrected chi connectivity index (χ1v) is 9.80. The molecule has 0 aliphatic rings. The van der Waals surface area contributed by atoms with Gasteiger partial charge in [0.15, 0.2) is 5.96 Å². The van der Waals surface area contributed by atoms with E-state index in [1.165, 1.54) is 9.78 Å². The van der Waals surface area contributed by atoms with Crippen LogP contribution in [0.5, 0.6) is 0 Å². The number of aliphatic imine (C=N–C) groups is 1. The Morgan fingerprint density at radius 3 is 2.29 bits per heavy atom. The molecular weight excluding hydrogens is 374 g/mol. The quantitative estimate of drug-likeness (QED) is 0.548. The highest BCUT2D eigenvalue weighted by molar-refractivity contribution is 7.09. The number of amides is 2. The summed E-state index contributed by atoms with van der Waals surface area (Å²) in [7, 11) is 6.90. The molecule has 2 rings (SSSR count). The number of thiophene rings is 1. The summed E-state index contributed by atoms with van der Waals surface area (Å²) >= 11 is 1.66. The molecule has 0 radical (unpaired) electrons. The molecule has 28 heavy (non-hydrogen) atoms. The van der Waals surface area contributed by atoms with Crippen LogP contribution in [0.25, 0.3) is 0 Å². The SMILES string of the molecule is CN(C)C(=O)CNC(=NCc1ccc(C(=O)N(C)C)cc1)NCc1cccs1. The van der Waals surface area contributed by atoms with E-state index in [0.717, 1.165) is 5.56 Å². The van der Waals surface area contributed by atoms with Crippen molar-refractivity contribution in [2.45, 2.75) is 13.1 Å². The van der Waals surface area contributed by atoms with Crippen LogP contribution in [0, 0.1) is 0 Å². The molecule has 0 saturated carbocycles. The second-order valence-corrected chi connectivity index (χ2v) is 7.67. The van der Waals surface area contributed by atoms with E-state index in [1.54, 1.807) is 56.6 Å². The fourth-order valence-corrected chi connectivity index (χ4v) is 2.90. The predicted octanol–water partition coefficient (Wildman–Crippen LogP) is 1.77. The van der Waals surface area contributed by atoms with Gasteiger partial charge in [-0.05, 0) is 29.1 Å². The lowest BCUT2D eigenvalue weighted by atomic mass is 10.1. The third-order valence-electron chi connectivity index (χ3n) is 3.94. The zero-order valence-electron chi connectivity index (χ0n) is 16.7. The summed E-state index contributed by atoms with van der Waals surface area (Å²) in [5.41, 5.74) is 1.62. The Bertz CT molecular complexity index is 799. The molecule has 0 atom stereocenters. The molecule has 2 N–H and O–H groups in total. The van der Waals surface area contributed by atoms with Crippen molar-refractivity contribution in [3.63, 3.8) is 0 Å². The summed E-state index contributed by atoms with van der Waals surface area (Å²) in [6, 6.07) is 11.4. The lowest BCUT2D eigenvalue weighted by molar-refractivity contribution is -0.127. The van der Waals surface area contributed by atoms with Crippen LogP contribution in [0.2, 0.25) is 0 Å². The van der Waals surface area contributed by atoms with Crippen LogP contribution >= 0.6 is 11.3 Å². The van der Waals surface area contributed by atoms with Crippen molar-refractivity contribution in [1.82, 2.24) is 20.4 Å². The van der Waals surface area contributed by atoms with Crippen LogP contribution in [0.15, 0.2) is 46.8 Å². The van der Waals surface area contributed by atoms with Gasteiger partial charge in [-0.15, -0.1) is 11.3 Å². The van der Waals surface area contributed by atoms with Gasteiger partial charge < -0.3 is 20.4 Å². The van der Waals surface area contributed by atoms with Gasteiger partial charge in [-0.1, -0.05) is 18.2 Å². The molecule has 150 valence electrons. The predicted molar refractivity (Wildman–Crippen MR) is 113 cm³/mol. The van der Waals surface area contributed by atoms with Gasteiger partial charge in [0.2, 0.25) is 5.91 Å². The summed E-state index contributed by atoms with van der Waals surface area (Å²) in [4.78, 5) is 32.7. The maximum absolute atomic E-state index is 12.0. The third-order valence-corrected chi connectivity index (χ3v) is 4.82. The lowest BCUT2D eigenvalue weighted by Crippen LogP contribution is -2.42. The van der Waals surface area contributed by atoms with Crippen LogP contribution in [-0.4, -0.2) is 62.3 Å².